The Bertz CT molecular complexity index is 548. The molecule has 0 unspecified atom stereocenters. The first-order chi connectivity index (χ1) is 9.30. The molecule has 0 spiro atoms. The van der Waals surface area contributed by atoms with Crippen molar-refractivity contribution >= 4 is 27.3 Å². The summed E-state index contributed by atoms with van der Waals surface area (Å²) in [6, 6.07) is 2.57. The van der Waals surface area contributed by atoms with E-state index in [1.54, 1.807) is 0 Å². The van der Waals surface area contributed by atoms with Gasteiger partial charge in [0, 0.05) is 12.6 Å². The van der Waals surface area contributed by atoms with E-state index in [9.17, 15) is 13.2 Å². The molecule has 1 aromatic rings. The lowest BCUT2D eigenvalue weighted by Gasteiger charge is -2.25. The van der Waals surface area contributed by atoms with Gasteiger partial charge in [-0.2, -0.15) is 4.31 Å². The summed E-state index contributed by atoms with van der Waals surface area (Å²) in [6.07, 6.45) is 2.81. The third kappa shape index (κ3) is 4.04. The summed E-state index contributed by atoms with van der Waals surface area (Å²) >= 11 is 0.804. The predicted molar refractivity (Wildman–Crippen MR) is 79.8 cm³/mol. The molecule has 0 aliphatic heterocycles. The molecule has 0 fully saturated rings. The van der Waals surface area contributed by atoms with Crippen LogP contribution in [0.1, 0.15) is 49.7 Å². The highest BCUT2D eigenvalue weighted by Crippen LogP contribution is 2.26. The quantitative estimate of drug-likeness (QED) is 0.747. The standard InChI is InChI=1S/C13H21NO4S2/c1-4-5-6-9-14(10(2)3)20(17,18)12-8-7-11(19-12)13(15)16/h7-8,10H,4-6,9H2,1-3H3,(H,15,16). The maximum absolute atomic E-state index is 12.5. The molecule has 0 saturated carbocycles. The zero-order chi connectivity index (χ0) is 15.3. The molecule has 0 aliphatic rings. The van der Waals surface area contributed by atoms with Crippen LogP contribution in [0.2, 0.25) is 0 Å². The predicted octanol–water partition coefficient (Wildman–Crippen LogP) is 3.04. The Labute approximate surface area is 124 Å². The van der Waals surface area contributed by atoms with Crippen LogP contribution in [-0.4, -0.2) is 36.4 Å². The number of hydrogen-bond donors (Lipinski definition) is 1. The molecule has 0 aromatic carbocycles. The Balaban J connectivity index is 2.99. The van der Waals surface area contributed by atoms with Gasteiger partial charge in [-0.15, -0.1) is 11.3 Å². The van der Waals surface area contributed by atoms with Crippen molar-refractivity contribution in [2.75, 3.05) is 6.54 Å². The van der Waals surface area contributed by atoms with Crippen LogP contribution in [-0.2, 0) is 10.0 Å². The van der Waals surface area contributed by atoms with Crippen molar-refractivity contribution in [2.45, 2.75) is 50.3 Å². The number of thiophene rings is 1. The minimum absolute atomic E-state index is 0.0424. The van der Waals surface area contributed by atoms with Crippen LogP contribution >= 0.6 is 11.3 Å². The molecular weight excluding hydrogens is 298 g/mol. The second-order valence-corrected chi connectivity index (χ2v) is 8.04. The molecule has 114 valence electrons. The van der Waals surface area contributed by atoms with E-state index in [4.69, 9.17) is 5.11 Å². The number of unbranched alkanes of at least 4 members (excludes halogenated alkanes) is 2. The smallest absolute Gasteiger partial charge is 0.345 e. The Kier molecular flexibility index (Phi) is 6.16. The fourth-order valence-electron chi connectivity index (χ4n) is 1.86. The molecule has 20 heavy (non-hydrogen) atoms. The van der Waals surface area contributed by atoms with E-state index in [2.05, 4.69) is 6.92 Å². The lowest BCUT2D eigenvalue weighted by atomic mass is 10.2. The topological polar surface area (TPSA) is 74.7 Å². The van der Waals surface area contributed by atoms with E-state index in [-0.39, 0.29) is 15.1 Å². The van der Waals surface area contributed by atoms with Gasteiger partial charge in [0.05, 0.1) is 0 Å². The summed E-state index contributed by atoms with van der Waals surface area (Å²) in [5, 5.41) is 8.89. The zero-order valence-corrected chi connectivity index (χ0v) is 13.6. The van der Waals surface area contributed by atoms with E-state index < -0.39 is 16.0 Å². The molecule has 5 nitrogen and oxygen atoms in total. The van der Waals surface area contributed by atoms with Gasteiger partial charge in [0.15, 0.2) is 0 Å². The molecule has 1 N–H and O–H groups in total. The van der Waals surface area contributed by atoms with Crippen molar-refractivity contribution in [1.82, 2.24) is 4.31 Å². The van der Waals surface area contributed by atoms with Gasteiger partial charge in [-0.25, -0.2) is 13.2 Å². The van der Waals surface area contributed by atoms with E-state index in [1.807, 2.05) is 13.8 Å². The molecule has 1 aromatic heterocycles. The third-order valence-electron chi connectivity index (χ3n) is 2.91. The van der Waals surface area contributed by atoms with Gasteiger partial charge in [-0.3, -0.25) is 0 Å². The molecule has 1 heterocycles. The summed E-state index contributed by atoms with van der Waals surface area (Å²) in [5.74, 6) is -1.10. The number of carbonyl (C=O) groups is 1. The average Bonchev–Trinajstić information content (AvgIpc) is 2.84. The summed E-state index contributed by atoms with van der Waals surface area (Å²) in [4.78, 5) is 10.9. The van der Waals surface area contributed by atoms with Crippen molar-refractivity contribution in [3.63, 3.8) is 0 Å². The Hall–Kier alpha value is -0.920. The maximum Gasteiger partial charge on any atom is 0.345 e. The van der Waals surface area contributed by atoms with Crippen molar-refractivity contribution in [2.24, 2.45) is 0 Å². The monoisotopic (exact) mass is 319 g/mol. The highest BCUT2D eigenvalue weighted by molar-refractivity contribution is 7.91. The van der Waals surface area contributed by atoms with E-state index >= 15 is 0 Å². The highest BCUT2D eigenvalue weighted by atomic mass is 32.2. The van der Waals surface area contributed by atoms with Crippen molar-refractivity contribution in [3.8, 4) is 0 Å². The van der Waals surface area contributed by atoms with Crippen LogP contribution in [0.3, 0.4) is 0 Å². The Morgan fingerprint density at radius 2 is 2.00 bits per heavy atom. The zero-order valence-electron chi connectivity index (χ0n) is 12.0. The first-order valence-electron chi connectivity index (χ1n) is 6.65. The van der Waals surface area contributed by atoms with Crippen LogP contribution < -0.4 is 0 Å². The van der Waals surface area contributed by atoms with Crippen molar-refractivity contribution in [1.29, 1.82) is 0 Å². The Morgan fingerprint density at radius 3 is 2.45 bits per heavy atom. The first-order valence-corrected chi connectivity index (χ1v) is 8.91. The summed E-state index contributed by atoms with van der Waals surface area (Å²) in [5.41, 5.74) is 0. The molecule has 0 saturated heterocycles. The minimum atomic E-state index is -3.60. The SMILES string of the molecule is CCCCCN(C(C)C)S(=O)(=O)c1ccc(C(=O)O)s1. The Morgan fingerprint density at radius 1 is 1.35 bits per heavy atom. The van der Waals surface area contributed by atoms with Crippen molar-refractivity contribution < 1.29 is 18.3 Å². The number of carboxylic acid groups (broad SMARTS) is 1. The molecule has 0 bridgehead atoms. The van der Waals surface area contributed by atoms with Gasteiger partial charge >= 0.3 is 5.97 Å². The third-order valence-corrected chi connectivity index (χ3v) is 6.53. The van der Waals surface area contributed by atoms with Crippen LogP contribution in [0, 0.1) is 0 Å². The summed E-state index contributed by atoms with van der Waals surface area (Å²) in [7, 11) is -3.60. The van der Waals surface area contributed by atoms with Gasteiger partial charge in [-0.1, -0.05) is 19.8 Å². The number of rotatable bonds is 8. The van der Waals surface area contributed by atoms with E-state index in [0.717, 1.165) is 30.6 Å². The number of nitrogens with zero attached hydrogens (tertiary/aromatic N) is 1. The molecular formula is C13H21NO4S2. The van der Waals surface area contributed by atoms with Crippen LogP contribution in [0.4, 0.5) is 0 Å². The van der Waals surface area contributed by atoms with E-state index in [1.165, 1.54) is 16.4 Å². The number of hydrogen-bond acceptors (Lipinski definition) is 4. The van der Waals surface area contributed by atoms with Gasteiger partial charge in [-0.05, 0) is 32.4 Å². The summed E-state index contributed by atoms with van der Waals surface area (Å²) in [6.45, 7) is 6.19. The largest absolute Gasteiger partial charge is 0.477 e. The average molecular weight is 319 g/mol. The fourth-order valence-corrected chi connectivity index (χ4v) is 4.81. The molecule has 7 heteroatoms. The van der Waals surface area contributed by atoms with Crippen molar-refractivity contribution in [3.05, 3.63) is 17.0 Å². The molecule has 0 atom stereocenters. The van der Waals surface area contributed by atoms with Gasteiger partial charge in [0.2, 0.25) is 0 Å². The molecule has 0 aliphatic carbocycles. The normalized spacial score (nSPS) is 12.2. The lowest BCUT2D eigenvalue weighted by Crippen LogP contribution is -2.37. The highest BCUT2D eigenvalue weighted by Gasteiger charge is 2.28. The van der Waals surface area contributed by atoms with E-state index in [0.29, 0.717) is 6.54 Å². The second-order valence-electron chi connectivity index (χ2n) is 4.84. The first kappa shape index (κ1) is 17.1. The number of carboxylic acids is 1. The van der Waals surface area contributed by atoms with Crippen LogP contribution in [0.15, 0.2) is 16.3 Å². The van der Waals surface area contributed by atoms with Crippen LogP contribution in [0.5, 0.6) is 0 Å². The lowest BCUT2D eigenvalue weighted by molar-refractivity contribution is 0.0702. The van der Waals surface area contributed by atoms with Gasteiger partial charge in [0.1, 0.15) is 9.09 Å². The summed E-state index contributed by atoms with van der Waals surface area (Å²) < 4.78 is 26.6. The minimum Gasteiger partial charge on any atom is -0.477 e. The number of aromatic carboxylic acids is 1. The van der Waals surface area contributed by atoms with Gasteiger partial charge in [0.25, 0.3) is 10.0 Å². The number of sulfonamides is 1. The fraction of sp³-hybridized carbons (Fsp3) is 0.615. The molecule has 1 rings (SSSR count). The second kappa shape index (κ2) is 7.19. The van der Waals surface area contributed by atoms with Crippen LogP contribution in [0.25, 0.3) is 0 Å². The molecule has 0 amide bonds. The maximum atomic E-state index is 12.5. The molecule has 0 radical (unpaired) electrons. The van der Waals surface area contributed by atoms with Gasteiger partial charge < -0.3 is 5.11 Å².